The fraction of sp³-hybridized carbons (Fsp3) is 0.792. The summed E-state index contributed by atoms with van der Waals surface area (Å²) in [5, 5.41) is 17.4. The van der Waals surface area contributed by atoms with Crippen LogP contribution in [0.2, 0.25) is 0 Å². The predicted molar refractivity (Wildman–Crippen MR) is 129 cm³/mol. The minimum Gasteiger partial charge on any atom is -0.480 e. The smallest absolute Gasteiger partial charge is 0.408 e. The van der Waals surface area contributed by atoms with Gasteiger partial charge in [0, 0.05) is 18.9 Å². The zero-order valence-corrected chi connectivity index (χ0v) is 21.5. The Bertz CT molecular complexity index is 757. The van der Waals surface area contributed by atoms with E-state index in [2.05, 4.69) is 16.0 Å². The molecule has 0 aliphatic heterocycles. The van der Waals surface area contributed by atoms with E-state index >= 15 is 0 Å². The quantitative estimate of drug-likeness (QED) is 0.272. The van der Waals surface area contributed by atoms with Gasteiger partial charge in [0.25, 0.3) is 0 Å². The lowest BCUT2D eigenvalue weighted by atomic mass is 9.81. The minimum atomic E-state index is -1.20. The number of carboxylic acid groups (broad SMARTS) is 1. The number of carbonyl (C=O) groups is 5. The van der Waals surface area contributed by atoms with E-state index in [1.54, 1.807) is 20.8 Å². The summed E-state index contributed by atoms with van der Waals surface area (Å²) in [7, 11) is 0. The number of nitrogens with two attached hydrogens (primary N) is 1. The highest BCUT2D eigenvalue weighted by Crippen LogP contribution is 2.29. The predicted octanol–water partition coefficient (Wildman–Crippen LogP) is 1.68. The third-order valence-electron chi connectivity index (χ3n) is 6.24. The zero-order chi connectivity index (χ0) is 26.8. The van der Waals surface area contributed by atoms with Gasteiger partial charge in [0.1, 0.15) is 17.7 Å². The first-order valence-corrected chi connectivity index (χ1v) is 12.3. The van der Waals surface area contributed by atoms with E-state index in [-0.39, 0.29) is 42.4 Å². The molecular weight excluding hydrogens is 456 g/mol. The fourth-order valence-electron chi connectivity index (χ4n) is 3.95. The van der Waals surface area contributed by atoms with Crippen LogP contribution in [-0.4, -0.2) is 59.1 Å². The van der Waals surface area contributed by atoms with Crippen LogP contribution in [0.4, 0.5) is 4.79 Å². The van der Waals surface area contributed by atoms with Crippen molar-refractivity contribution >= 4 is 29.8 Å². The van der Waals surface area contributed by atoms with Crippen LogP contribution in [0.3, 0.4) is 0 Å². The second-order valence-corrected chi connectivity index (χ2v) is 10.4. The molecule has 6 N–H and O–H groups in total. The van der Waals surface area contributed by atoms with Crippen LogP contribution in [0.5, 0.6) is 0 Å². The molecule has 0 aromatic rings. The molecule has 1 fully saturated rings. The van der Waals surface area contributed by atoms with Crippen molar-refractivity contribution < 1.29 is 33.8 Å². The number of hydrogen-bond donors (Lipinski definition) is 5. The van der Waals surface area contributed by atoms with Crippen molar-refractivity contribution in [2.75, 3.05) is 6.54 Å². The van der Waals surface area contributed by atoms with Gasteiger partial charge in [0.05, 0.1) is 0 Å². The van der Waals surface area contributed by atoms with Crippen LogP contribution in [0.25, 0.3) is 0 Å². The molecule has 0 saturated heterocycles. The van der Waals surface area contributed by atoms with Crippen molar-refractivity contribution in [3.05, 3.63) is 0 Å². The molecule has 4 amide bonds. The van der Waals surface area contributed by atoms with Gasteiger partial charge in [0.2, 0.25) is 17.7 Å². The molecule has 11 nitrogen and oxygen atoms in total. The minimum absolute atomic E-state index is 0.0491. The normalized spacial score (nSPS) is 20.6. The van der Waals surface area contributed by atoms with Crippen LogP contribution < -0.4 is 21.7 Å². The molecule has 0 spiro atoms. The van der Waals surface area contributed by atoms with Crippen molar-refractivity contribution in [2.45, 2.75) is 97.2 Å². The molecule has 1 rings (SSSR count). The van der Waals surface area contributed by atoms with E-state index < -0.39 is 35.7 Å². The largest absolute Gasteiger partial charge is 0.480 e. The highest BCUT2D eigenvalue weighted by molar-refractivity contribution is 5.86. The summed E-state index contributed by atoms with van der Waals surface area (Å²) in [5.74, 6) is -2.67. The van der Waals surface area contributed by atoms with E-state index in [9.17, 15) is 29.1 Å². The number of hydrogen-bond acceptors (Lipinski definition) is 6. The number of amides is 4. The third-order valence-corrected chi connectivity index (χ3v) is 6.24. The number of primary amides is 1. The van der Waals surface area contributed by atoms with Gasteiger partial charge in [-0.25, -0.2) is 9.59 Å². The highest BCUT2D eigenvalue weighted by Gasteiger charge is 2.31. The number of carboxylic acids is 1. The first-order chi connectivity index (χ1) is 16.2. The topological polar surface area (TPSA) is 177 Å². The fourth-order valence-corrected chi connectivity index (χ4v) is 3.95. The molecule has 0 radical (unpaired) electrons. The number of ether oxygens (including phenoxy) is 1. The Hall–Kier alpha value is -2.85. The summed E-state index contributed by atoms with van der Waals surface area (Å²) in [6, 6.07) is -1.87. The molecule has 1 aliphatic rings. The third kappa shape index (κ3) is 11.4. The summed E-state index contributed by atoms with van der Waals surface area (Å²) in [6.45, 7) is 9.52. The maximum Gasteiger partial charge on any atom is 0.408 e. The number of alkyl carbamates (subject to hydrolysis) is 1. The number of carbonyl (C=O) groups excluding carboxylic acids is 4. The summed E-state index contributed by atoms with van der Waals surface area (Å²) in [4.78, 5) is 59.8. The van der Waals surface area contributed by atoms with Gasteiger partial charge in [-0.1, -0.05) is 20.3 Å². The molecule has 3 atom stereocenters. The van der Waals surface area contributed by atoms with Crippen molar-refractivity contribution in [1.82, 2.24) is 16.0 Å². The maximum atomic E-state index is 12.8. The maximum absolute atomic E-state index is 12.8. The van der Waals surface area contributed by atoms with Gasteiger partial charge >= 0.3 is 12.1 Å². The second-order valence-electron chi connectivity index (χ2n) is 10.4. The van der Waals surface area contributed by atoms with Crippen LogP contribution in [0.1, 0.15) is 79.6 Å². The Balaban J connectivity index is 2.54. The average molecular weight is 499 g/mol. The molecular formula is C24H42N4O7. The molecule has 1 saturated carbocycles. The first-order valence-electron chi connectivity index (χ1n) is 12.3. The van der Waals surface area contributed by atoms with Crippen LogP contribution in [0, 0.1) is 17.8 Å². The lowest BCUT2D eigenvalue weighted by Gasteiger charge is -2.30. The zero-order valence-electron chi connectivity index (χ0n) is 21.5. The molecule has 0 aromatic heterocycles. The summed E-state index contributed by atoms with van der Waals surface area (Å²) in [5.41, 5.74) is 4.40. The molecule has 1 aliphatic carbocycles. The number of aliphatic carboxylic acids is 1. The van der Waals surface area contributed by atoms with Crippen LogP contribution >= 0.6 is 0 Å². The van der Waals surface area contributed by atoms with Gasteiger partial charge in [-0.3, -0.25) is 14.4 Å². The molecule has 0 aromatic carbocycles. The Morgan fingerprint density at radius 3 is 2.14 bits per heavy atom. The highest BCUT2D eigenvalue weighted by atomic mass is 16.6. The van der Waals surface area contributed by atoms with Crippen LogP contribution in [0.15, 0.2) is 0 Å². The van der Waals surface area contributed by atoms with E-state index in [0.717, 1.165) is 0 Å². The van der Waals surface area contributed by atoms with Gasteiger partial charge in [-0.15, -0.1) is 0 Å². The Kier molecular flexibility index (Phi) is 12.0. The SMILES string of the molecule is CCC(C)[C@H](NC(=O)OC(C)(C)C)C(=O)NCC1CCC(C(=O)N[C@@H](CCC(N)=O)C(=O)O)CC1. The van der Waals surface area contributed by atoms with E-state index in [4.69, 9.17) is 10.5 Å². The lowest BCUT2D eigenvalue weighted by molar-refractivity contribution is -0.143. The van der Waals surface area contributed by atoms with Gasteiger partial charge in [0.15, 0.2) is 0 Å². The average Bonchev–Trinajstić information content (AvgIpc) is 2.76. The molecule has 0 bridgehead atoms. The van der Waals surface area contributed by atoms with Crippen molar-refractivity contribution in [3.8, 4) is 0 Å². The van der Waals surface area contributed by atoms with E-state index in [1.165, 1.54) is 0 Å². The van der Waals surface area contributed by atoms with Gasteiger partial charge in [-0.2, -0.15) is 0 Å². The molecule has 200 valence electrons. The molecule has 1 unspecified atom stereocenters. The summed E-state index contributed by atoms with van der Waals surface area (Å²) >= 11 is 0. The molecule has 35 heavy (non-hydrogen) atoms. The Morgan fingerprint density at radius 1 is 1.06 bits per heavy atom. The van der Waals surface area contributed by atoms with Crippen molar-refractivity contribution in [1.29, 1.82) is 0 Å². The number of nitrogens with one attached hydrogen (secondary N) is 3. The van der Waals surface area contributed by atoms with Gasteiger partial charge in [-0.05, 0) is 64.7 Å². The molecule has 0 heterocycles. The summed E-state index contributed by atoms with van der Waals surface area (Å²) < 4.78 is 5.28. The first kappa shape index (κ1) is 30.2. The number of rotatable bonds is 12. The van der Waals surface area contributed by atoms with Gasteiger partial charge < -0.3 is 31.5 Å². The molecule has 11 heteroatoms. The summed E-state index contributed by atoms with van der Waals surface area (Å²) in [6.07, 6.45) is 2.43. The standard InChI is InChI=1S/C24H42N4O7/c1-6-14(2)19(28-23(34)35-24(3,4)5)21(31)26-13-15-7-9-16(10-8-15)20(30)27-17(22(32)33)11-12-18(25)29/h14-17,19H,6-13H2,1-5H3,(H2,25,29)(H,26,31)(H,27,30)(H,28,34)(H,32,33)/t14?,15?,16?,17-,19-/m0/s1. The van der Waals surface area contributed by atoms with E-state index in [1.807, 2.05) is 13.8 Å². The lowest BCUT2D eigenvalue weighted by Crippen LogP contribution is -2.52. The Labute approximate surface area is 207 Å². The monoisotopic (exact) mass is 498 g/mol. The van der Waals surface area contributed by atoms with E-state index in [0.29, 0.717) is 38.6 Å². The van der Waals surface area contributed by atoms with Crippen molar-refractivity contribution in [2.24, 2.45) is 23.5 Å². The van der Waals surface area contributed by atoms with Crippen molar-refractivity contribution in [3.63, 3.8) is 0 Å². The second kappa shape index (κ2) is 13.9. The van der Waals surface area contributed by atoms with Crippen LogP contribution in [-0.2, 0) is 23.9 Å². The Morgan fingerprint density at radius 2 is 1.66 bits per heavy atom.